The number of nitrogens with zero attached hydrogens (tertiary/aromatic N) is 3. The summed E-state index contributed by atoms with van der Waals surface area (Å²) < 4.78 is 17.6. The maximum atomic E-state index is 10.1. The number of nitriles is 3. The van der Waals surface area contributed by atoms with Gasteiger partial charge < -0.3 is 14.2 Å². The lowest BCUT2D eigenvalue weighted by molar-refractivity contribution is -0.268. The molecule has 2 aliphatic rings. The quantitative estimate of drug-likeness (QED) is 0.590. The van der Waals surface area contributed by atoms with Crippen molar-refractivity contribution < 1.29 is 14.2 Å². The van der Waals surface area contributed by atoms with E-state index < -0.39 is 34.5 Å². The maximum Gasteiger partial charge on any atom is 0.214 e. The maximum absolute atomic E-state index is 10.1. The summed E-state index contributed by atoms with van der Waals surface area (Å²) in [5, 5.41) is 38.6. The van der Waals surface area contributed by atoms with Crippen LogP contribution in [0.15, 0.2) is 24.3 Å². The van der Waals surface area contributed by atoms with E-state index in [1.54, 1.807) is 38.1 Å². The van der Waals surface area contributed by atoms with Crippen LogP contribution >= 0.6 is 0 Å². The third-order valence-electron chi connectivity index (χ3n) is 6.69. The van der Waals surface area contributed by atoms with Crippen LogP contribution in [-0.2, 0) is 9.47 Å². The predicted octanol–water partition coefficient (Wildman–Crippen LogP) is 5.01. The molecule has 4 unspecified atom stereocenters. The van der Waals surface area contributed by atoms with Gasteiger partial charge in [-0.05, 0) is 24.1 Å². The minimum absolute atomic E-state index is 0.390. The van der Waals surface area contributed by atoms with Crippen LogP contribution in [0.5, 0.6) is 5.75 Å². The highest BCUT2D eigenvalue weighted by molar-refractivity contribution is 5.89. The molecule has 0 spiro atoms. The Hall–Kier alpha value is -3.08. The fraction of sp³-hybridized carbons (Fsp3) is 0.583. The van der Waals surface area contributed by atoms with Crippen molar-refractivity contribution >= 4 is 5.90 Å². The summed E-state index contributed by atoms with van der Waals surface area (Å²) in [7, 11) is 0. The van der Waals surface area contributed by atoms with E-state index in [4.69, 9.17) is 19.6 Å². The van der Waals surface area contributed by atoms with Crippen molar-refractivity contribution in [2.24, 2.45) is 16.7 Å². The lowest BCUT2D eigenvalue weighted by Crippen LogP contribution is -2.57. The Kier molecular flexibility index (Phi) is 6.25. The summed E-state index contributed by atoms with van der Waals surface area (Å²) in [6.45, 7) is 6.14. The van der Waals surface area contributed by atoms with Crippen molar-refractivity contribution in [1.29, 1.82) is 21.2 Å². The Bertz CT molecular complexity index is 941. The Labute approximate surface area is 183 Å². The molecule has 1 aromatic carbocycles. The van der Waals surface area contributed by atoms with Crippen LogP contribution in [0, 0.1) is 56.2 Å². The van der Waals surface area contributed by atoms with Crippen molar-refractivity contribution in [3.05, 3.63) is 29.8 Å². The smallest absolute Gasteiger partial charge is 0.214 e. The number of hydrogen-bond acceptors (Lipinski definition) is 7. The number of fused-ring (bicyclic) bond motifs is 2. The van der Waals surface area contributed by atoms with Crippen molar-refractivity contribution in [3.8, 4) is 24.0 Å². The van der Waals surface area contributed by atoms with Crippen LogP contribution in [0.3, 0.4) is 0 Å². The van der Waals surface area contributed by atoms with Crippen LogP contribution in [0.2, 0.25) is 0 Å². The van der Waals surface area contributed by atoms with Crippen molar-refractivity contribution in [1.82, 2.24) is 0 Å². The monoisotopic (exact) mass is 420 g/mol. The van der Waals surface area contributed by atoms with Gasteiger partial charge in [-0.1, -0.05) is 51.7 Å². The lowest BCUT2D eigenvalue weighted by Gasteiger charge is -2.47. The van der Waals surface area contributed by atoms with Gasteiger partial charge in [0, 0.05) is 6.92 Å². The van der Waals surface area contributed by atoms with Crippen LogP contribution in [0.1, 0.15) is 64.5 Å². The van der Waals surface area contributed by atoms with E-state index in [-0.39, 0.29) is 0 Å². The molecule has 0 aromatic heterocycles. The van der Waals surface area contributed by atoms with Gasteiger partial charge in [-0.25, -0.2) is 0 Å². The molecule has 7 heteroatoms. The summed E-state index contributed by atoms with van der Waals surface area (Å²) in [6.07, 6.45) is 4.71. The van der Waals surface area contributed by atoms with Gasteiger partial charge in [-0.15, -0.1) is 0 Å². The van der Waals surface area contributed by atoms with E-state index in [1.165, 1.54) is 19.3 Å². The van der Waals surface area contributed by atoms with Gasteiger partial charge in [0.1, 0.15) is 11.9 Å². The topological polar surface area (TPSA) is 123 Å². The molecule has 3 rings (SSSR count). The molecule has 162 valence electrons. The number of rotatable bonds is 8. The molecule has 2 heterocycles. The minimum Gasteiger partial charge on any atom is -0.494 e. The van der Waals surface area contributed by atoms with E-state index in [2.05, 4.69) is 13.0 Å². The van der Waals surface area contributed by atoms with Gasteiger partial charge in [0.2, 0.25) is 17.1 Å². The third kappa shape index (κ3) is 3.32. The van der Waals surface area contributed by atoms with Crippen LogP contribution in [-0.4, -0.2) is 18.3 Å². The van der Waals surface area contributed by atoms with Crippen molar-refractivity contribution in [2.75, 3.05) is 6.61 Å². The summed E-state index contributed by atoms with van der Waals surface area (Å²) in [6, 6.07) is 13.2. The molecule has 2 aliphatic heterocycles. The lowest BCUT2D eigenvalue weighted by atomic mass is 9.54. The van der Waals surface area contributed by atoms with Crippen molar-refractivity contribution in [2.45, 2.75) is 64.8 Å². The highest BCUT2D eigenvalue weighted by atomic mass is 16.7. The molecule has 0 amide bonds. The standard InChI is InChI=1S/C24H28N4O3/c1-4-5-6-7-8-13-29-19-11-9-18(10-12-19)20-23(14-25,15-26)24(16-27)17(2)22(3,30-20)31-21(24)28/h9-12,17,20,28H,4-8,13H2,1-3H3. The molecular formula is C24H28N4O3. The van der Waals surface area contributed by atoms with Gasteiger partial charge in [0.15, 0.2) is 5.41 Å². The molecule has 0 radical (unpaired) electrons. The molecule has 2 fully saturated rings. The Morgan fingerprint density at radius 3 is 2.26 bits per heavy atom. The van der Waals surface area contributed by atoms with Gasteiger partial charge in [-0.2, -0.15) is 15.8 Å². The normalized spacial score (nSPS) is 30.5. The predicted molar refractivity (Wildman–Crippen MR) is 113 cm³/mol. The van der Waals surface area contributed by atoms with Gasteiger partial charge in [0.05, 0.1) is 30.7 Å². The van der Waals surface area contributed by atoms with E-state index in [0.29, 0.717) is 17.9 Å². The minimum atomic E-state index is -1.92. The first-order valence-electron chi connectivity index (χ1n) is 10.8. The molecular weight excluding hydrogens is 392 g/mol. The van der Waals surface area contributed by atoms with Crippen LogP contribution in [0.25, 0.3) is 0 Å². The first kappa shape index (κ1) is 22.6. The molecule has 2 saturated heterocycles. The fourth-order valence-electron chi connectivity index (χ4n) is 4.64. The second kappa shape index (κ2) is 8.58. The Morgan fingerprint density at radius 1 is 1.03 bits per heavy atom. The van der Waals surface area contributed by atoms with Crippen LogP contribution in [0.4, 0.5) is 0 Å². The first-order valence-corrected chi connectivity index (χ1v) is 10.8. The Morgan fingerprint density at radius 2 is 1.68 bits per heavy atom. The number of benzene rings is 1. The van der Waals surface area contributed by atoms with Gasteiger partial charge in [0.25, 0.3) is 0 Å². The SMILES string of the molecule is CCCCCCCOc1ccc(C2OC3(C)OC(=N)C(C#N)(C3C)C2(C#N)C#N)cc1. The Balaban J connectivity index is 1.85. The average Bonchev–Trinajstić information content (AvgIpc) is 2.92. The zero-order valence-corrected chi connectivity index (χ0v) is 18.3. The molecule has 1 aromatic rings. The highest BCUT2D eigenvalue weighted by Gasteiger charge is 2.78. The second-order valence-corrected chi connectivity index (χ2v) is 8.45. The second-order valence-electron chi connectivity index (χ2n) is 8.45. The summed E-state index contributed by atoms with van der Waals surface area (Å²) in [5.74, 6) is -1.64. The zero-order chi connectivity index (χ0) is 22.7. The first-order chi connectivity index (χ1) is 14.8. The number of unbranched alkanes of at least 4 members (excludes halogenated alkanes) is 4. The number of hydrogen-bond donors (Lipinski definition) is 1. The van der Waals surface area contributed by atoms with E-state index in [0.717, 1.165) is 12.8 Å². The summed E-state index contributed by atoms with van der Waals surface area (Å²) in [5.41, 5.74) is -3.08. The zero-order valence-electron chi connectivity index (χ0n) is 18.3. The summed E-state index contributed by atoms with van der Waals surface area (Å²) in [4.78, 5) is 0. The highest BCUT2D eigenvalue weighted by Crippen LogP contribution is 2.66. The molecule has 0 aliphatic carbocycles. The largest absolute Gasteiger partial charge is 0.494 e. The molecule has 31 heavy (non-hydrogen) atoms. The molecule has 7 nitrogen and oxygen atoms in total. The van der Waals surface area contributed by atoms with Gasteiger partial charge >= 0.3 is 0 Å². The number of ether oxygens (including phenoxy) is 3. The molecule has 1 N–H and O–H groups in total. The van der Waals surface area contributed by atoms with Crippen LogP contribution < -0.4 is 4.74 Å². The van der Waals surface area contributed by atoms with E-state index >= 15 is 0 Å². The molecule has 4 atom stereocenters. The molecule has 0 saturated carbocycles. The molecule has 2 bridgehead atoms. The fourth-order valence-corrected chi connectivity index (χ4v) is 4.64. The van der Waals surface area contributed by atoms with E-state index in [9.17, 15) is 15.8 Å². The summed E-state index contributed by atoms with van der Waals surface area (Å²) >= 11 is 0. The van der Waals surface area contributed by atoms with Crippen molar-refractivity contribution in [3.63, 3.8) is 0 Å². The third-order valence-corrected chi connectivity index (χ3v) is 6.69. The van der Waals surface area contributed by atoms with E-state index in [1.807, 2.05) is 12.1 Å². The van der Waals surface area contributed by atoms with Gasteiger partial charge in [-0.3, -0.25) is 5.41 Å². The average molecular weight is 421 g/mol. The number of nitrogens with one attached hydrogen (secondary N) is 1.